The van der Waals surface area contributed by atoms with Crippen LogP contribution in [0, 0.1) is 0 Å². The molecule has 1 amide bonds. The van der Waals surface area contributed by atoms with E-state index in [0.29, 0.717) is 11.5 Å². The zero-order chi connectivity index (χ0) is 15.9. The lowest BCUT2D eigenvalue weighted by molar-refractivity contribution is -0.184. The van der Waals surface area contributed by atoms with Gasteiger partial charge in [0.2, 0.25) is 6.79 Å². The first kappa shape index (κ1) is 15.0. The van der Waals surface area contributed by atoms with Gasteiger partial charge in [0, 0.05) is 18.2 Å². The number of alkyl halides is 3. The number of carbonyl (C=O) groups is 1. The summed E-state index contributed by atoms with van der Waals surface area (Å²) < 4.78 is 49.7. The molecule has 1 aromatic carbocycles. The second-order valence-corrected chi connectivity index (χ2v) is 5.42. The van der Waals surface area contributed by atoms with Crippen molar-refractivity contribution in [2.45, 2.75) is 31.1 Å². The largest absolute Gasteiger partial charge is 0.454 e. The molecule has 1 fully saturated rings. The zero-order valence-electron chi connectivity index (χ0n) is 11.6. The minimum atomic E-state index is -4.47. The maximum absolute atomic E-state index is 13.1. The topological polar surface area (TPSA) is 64.8 Å². The number of nitrogens with zero attached hydrogens (tertiary/aromatic N) is 1. The second kappa shape index (κ2) is 5.35. The van der Waals surface area contributed by atoms with E-state index in [4.69, 9.17) is 15.2 Å². The van der Waals surface area contributed by atoms with Gasteiger partial charge in [-0.3, -0.25) is 4.79 Å². The highest BCUT2D eigenvalue weighted by atomic mass is 19.4. The molecule has 0 spiro atoms. The summed E-state index contributed by atoms with van der Waals surface area (Å²) in [4.78, 5) is 13.3. The third kappa shape index (κ3) is 2.70. The molecule has 1 saturated heterocycles. The van der Waals surface area contributed by atoms with Gasteiger partial charge in [-0.2, -0.15) is 13.2 Å². The molecule has 2 aliphatic rings. The van der Waals surface area contributed by atoms with Crippen molar-refractivity contribution in [3.05, 3.63) is 23.8 Å². The molecule has 2 aliphatic heterocycles. The first-order valence-corrected chi connectivity index (χ1v) is 6.89. The summed E-state index contributed by atoms with van der Waals surface area (Å²) in [5.74, 6) is 0.130. The maximum Gasteiger partial charge on any atom is 0.408 e. The highest BCUT2D eigenvalue weighted by Crippen LogP contribution is 2.35. The number of hydrogen-bond donors (Lipinski definition) is 1. The van der Waals surface area contributed by atoms with E-state index in [2.05, 4.69) is 0 Å². The van der Waals surface area contributed by atoms with Gasteiger partial charge in [-0.1, -0.05) is 0 Å². The van der Waals surface area contributed by atoms with Gasteiger partial charge in [0.25, 0.3) is 5.91 Å². The summed E-state index contributed by atoms with van der Waals surface area (Å²) in [6.45, 7) is -0.0792. The third-order valence-corrected chi connectivity index (χ3v) is 3.88. The molecule has 0 aliphatic carbocycles. The minimum Gasteiger partial charge on any atom is -0.454 e. The van der Waals surface area contributed by atoms with Crippen molar-refractivity contribution < 1.29 is 27.4 Å². The summed E-state index contributed by atoms with van der Waals surface area (Å²) in [6.07, 6.45) is -4.40. The molecule has 0 bridgehead atoms. The van der Waals surface area contributed by atoms with Gasteiger partial charge in [-0.05, 0) is 31.0 Å². The standard InChI is InChI=1S/C14H15F3N2O3/c15-14(16,17)12-4-2-9(18)6-19(12)13(20)8-1-3-10-11(5-8)22-7-21-10/h1,3,5,9,12H,2,4,6-7,18H2. The Balaban J connectivity index is 1.88. The molecule has 1 aromatic rings. The van der Waals surface area contributed by atoms with Crippen LogP contribution in [0.15, 0.2) is 18.2 Å². The average Bonchev–Trinajstić information content (AvgIpc) is 2.92. The molecule has 2 heterocycles. The van der Waals surface area contributed by atoms with Crippen molar-refractivity contribution in [2.75, 3.05) is 13.3 Å². The van der Waals surface area contributed by atoms with Crippen molar-refractivity contribution in [3.8, 4) is 11.5 Å². The van der Waals surface area contributed by atoms with E-state index < -0.39 is 24.2 Å². The number of halogens is 3. The van der Waals surface area contributed by atoms with Crippen LogP contribution in [0.5, 0.6) is 11.5 Å². The van der Waals surface area contributed by atoms with Gasteiger partial charge in [0.1, 0.15) is 6.04 Å². The Labute approximate surface area is 124 Å². The average molecular weight is 316 g/mol. The fourth-order valence-electron chi connectivity index (χ4n) is 2.76. The van der Waals surface area contributed by atoms with Gasteiger partial charge in [-0.15, -0.1) is 0 Å². The summed E-state index contributed by atoms with van der Waals surface area (Å²) in [5.41, 5.74) is 5.86. The van der Waals surface area contributed by atoms with Crippen molar-refractivity contribution in [3.63, 3.8) is 0 Å². The van der Waals surface area contributed by atoms with Crippen LogP contribution in [0.3, 0.4) is 0 Å². The molecule has 8 heteroatoms. The Morgan fingerprint density at radius 3 is 2.68 bits per heavy atom. The van der Waals surface area contributed by atoms with Crippen LogP contribution in [0.25, 0.3) is 0 Å². The van der Waals surface area contributed by atoms with Crippen LogP contribution in [-0.2, 0) is 0 Å². The summed E-state index contributed by atoms with van der Waals surface area (Å²) >= 11 is 0. The molecular formula is C14H15F3N2O3. The Morgan fingerprint density at radius 2 is 1.95 bits per heavy atom. The van der Waals surface area contributed by atoms with Crippen LogP contribution < -0.4 is 15.2 Å². The predicted octanol–water partition coefficient (Wildman–Crippen LogP) is 1.91. The fourth-order valence-corrected chi connectivity index (χ4v) is 2.76. The summed E-state index contributed by atoms with van der Waals surface area (Å²) in [6, 6.07) is 2.10. The van der Waals surface area contributed by atoms with Gasteiger partial charge >= 0.3 is 6.18 Å². The van der Waals surface area contributed by atoms with Gasteiger partial charge in [0.15, 0.2) is 11.5 Å². The lowest BCUT2D eigenvalue weighted by Crippen LogP contribution is -2.56. The Hall–Kier alpha value is -1.96. The highest BCUT2D eigenvalue weighted by molar-refractivity contribution is 5.95. The summed E-state index contributed by atoms with van der Waals surface area (Å²) in [5, 5.41) is 0. The fraction of sp³-hybridized carbons (Fsp3) is 0.500. The Kier molecular flexibility index (Phi) is 3.64. The van der Waals surface area contributed by atoms with E-state index >= 15 is 0 Å². The van der Waals surface area contributed by atoms with Crippen LogP contribution in [0.1, 0.15) is 23.2 Å². The monoisotopic (exact) mass is 316 g/mol. The van der Waals surface area contributed by atoms with Gasteiger partial charge in [-0.25, -0.2) is 0 Å². The van der Waals surface area contributed by atoms with Gasteiger partial charge < -0.3 is 20.1 Å². The van der Waals surface area contributed by atoms with E-state index in [1.807, 2.05) is 0 Å². The first-order chi connectivity index (χ1) is 10.4. The summed E-state index contributed by atoms with van der Waals surface area (Å²) in [7, 11) is 0. The molecule has 2 N–H and O–H groups in total. The predicted molar refractivity (Wildman–Crippen MR) is 70.7 cm³/mol. The molecule has 0 aromatic heterocycles. The lowest BCUT2D eigenvalue weighted by atomic mass is 9.97. The number of carbonyl (C=O) groups excluding carboxylic acids is 1. The molecule has 0 saturated carbocycles. The van der Waals surface area contributed by atoms with Crippen LogP contribution in [0.4, 0.5) is 13.2 Å². The zero-order valence-corrected chi connectivity index (χ0v) is 11.6. The second-order valence-electron chi connectivity index (χ2n) is 5.42. The van der Waals surface area contributed by atoms with Crippen molar-refractivity contribution in [1.82, 2.24) is 4.90 Å². The Morgan fingerprint density at radius 1 is 1.23 bits per heavy atom. The number of likely N-dealkylation sites (tertiary alicyclic amines) is 1. The third-order valence-electron chi connectivity index (χ3n) is 3.88. The van der Waals surface area contributed by atoms with Crippen LogP contribution in [0.2, 0.25) is 0 Å². The number of piperidine rings is 1. The van der Waals surface area contributed by atoms with E-state index in [1.165, 1.54) is 18.2 Å². The number of benzene rings is 1. The van der Waals surface area contributed by atoms with E-state index in [-0.39, 0.29) is 31.7 Å². The highest BCUT2D eigenvalue weighted by Gasteiger charge is 2.47. The SMILES string of the molecule is NC1CCC(C(F)(F)F)N(C(=O)c2ccc3c(c2)OCO3)C1. The molecule has 5 nitrogen and oxygen atoms in total. The molecule has 2 atom stereocenters. The Bertz CT molecular complexity index is 591. The molecule has 22 heavy (non-hydrogen) atoms. The molecular weight excluding hydrogens is 301 g/mol. The van der Waals surface area contributed by atoms with Crippen molar-refractivity contribution in [1.29, 1.82) is 0 Å². The van der Waals surface area contributed by atoms with Crippen molar-refractivity contribution in [2.24, 2.45) is 5.73 Å². The number of hydrogen-bond acceptors (Lipinski definition) is 4. The van der Waals surface area contributed by atoms with E-state index in [0.717, 1.165) is 4.90 Å². The minimum absolute atomic E-state index is 0.0345. The number of amides is 1. The number of ether oxygens (including phenoxy) is 2. The quantitative estimate of drug-likeness (QED) is 0.859. The smallest absolute Gasteiger partial charge is 0.408 e. The lowest BCUT2D eigenvalue weighted by Gasteiger charge is -2.39. The number of nitrogens with two attached hydrogens (primary N) is 1. The number of fused-ring (bicyclic) bond motifs is 1. The normalized spacial score (nSPS) is 24.5. The van der Waals surface area contributed by atoms with E-state index in [9.17, 15) is 18.0 Å². The molecule has 3 rings (SSSR count). The molecule has 120 valence electrons. The van der Waals surface area contributed by atoms with E-state index in [1.54, 1.807) is 0 Å². The molecule has 2 unspecified atom stereocenters. The van der Waals surface area contributed by atoms with Crippen LogP contribution in [-0.4, -0.2) is 42.4 Å². The maximum atomic E-state index is 13.1. The van der Waals surface area contributed by atoms with Crippen LogP contribution >= 0.6 is 0 Å². The van der Waals surface area contributed by atoms with Crippen molar-refractivity contribution >= 4 is 5.91 Å². The van der Waals surface area contributed by atoms with Gasteiger partial charge in [0.05, 0.1) is 0 Å². The first-order valence-electron chi connectivity index (χ1n) is 6.89. The number of rotatable bonds is 1. The molecule has 0 radical (unpaired) electrons.